The van der Waals surface area contributed by atoms with Crippen molar-refractivity contribution < 1.29 is 14.7 Å². The Morgan fingerprint density at radius 3 is 2.56 bits per heavy atom. The maximum Gasteiger partial charge on any atom is 0.356 e. The summed E-state index contributed by atoms with van der Waals surface area (Å²) in [6, 6.07) is 0. The predicted octanol–water partition coefficient (Wildman–Crippen LogP) is 0.384. The van der Waals surface area contributed by atoms with Gasteiger partial charge in [0.1, 0.15) is 0 Å². The zero-order valence-electron chi connectivity index (χ0n) is 4.80. The average molecular weight is 196 g/mol. The molecule has 5 heteroatoms. The number of hydrogen-bond acceptors (Lipinski definition) is 4. The average Bonchev–Trinajstić information content (AvgIpc) is 1.90. The third-order valence-corrected chi connectivity index (χ3v) is 1.20. The van der Waals surface area contributed by atoms with Crippen molar-refractivity contribution in [2.75, 3.05) is 12.4 Å². The van der Waals surface area contributed by atoms with Crippen molar-refractivity contribution in [2.45, 2.75) is 0 Å². The third-order valence-electron chi connectivity index (χ3n) is 0.668. The lowest BCUT2D eigenvalue weighted by Gasteiger charge is -1.94. The van der Waals surface area contributed by atoms with E-state index in [2.05, 4.69) is 25.8 Å². The molecule has 0 aromatic rings. The van der Waals surface area contributed by atoms with Crippen LogP contribution < -0.4 is 0 Å². The molecule has 0 aliphatic carbocycles. The van der Waals surface area contributed by atoms with Crippen LogP contribution >= 0.6 is 15.9 Å². The van der Waals surface area contributed by atoms with Gasteiger partial charge in [0, 0.05) is 0 Å². The number of alkyl halides is 1. The molecule has 0 spiro atoms. The molecule has 1 N–H and O–H groups in total. The summed E-state index contributed by atoms with van der Waals surface area (Å²) < 4.78 is 4.23. The van der Waals surface area contributed by atoms with Gasteiger partial charge in [0.15, 0.2) is 5.71 Å². The second kappa shape index (κ2) is 4.31. The number of rotatable bonds is 2. The van der Waals surface area contributed by atoms with Gasteiger partial charge in [-0.2, -0.15) is 0 Å². The minimum absolute atomic E-state index is 0.0440. The lowest BCUT2D eigenvalue weighted by atomic mass is 10.4. The van der Waals surface area contributed by atoms with Gasteiger partial charge in [-0.3, -0.25) is 0 Å². The van der Waals surface area contributed by atoms with Crippen LogP contribution in [0, 0.1) is 0 Å². The molecule has 0 bridgehead atoms. The summed E-state index contributed by atoms with van der Waals surface area (Å²) >= 11 is 2.93. The van der Waals surface area contributed by atoms with Crippen LogP contribution in [-0.2, 0) is 9.53 Å². The van der Waals surface area contributed by atoms with E-state index in [9.17, 15) is 4.79 Å². The standard InChI is InChI=1S/C4H6BrNO3/c1-9-4(7)3(2-5)6-8/h8H,2H2,1H3/b6-3-. The molecular formula is C4H6BrNO3. The van der Waals surface area contributed by atoms with E-state index in [1.807, 2.05) is 0 Å². The second-order valence-electron chi connectivity index (χ2n) is 1.17. The van der Waals surface area contributed by atoms with Crippen LogP contribution in [-0.4, -0.2) is 29.3 Å². The lowest BCUT2D eigenvalue weighted by Crippen LogP contribution is -2.16. The summed E-state index contributed by atoms with van der Waals surface area (Å²) in [5.74, 6) is -0.630. The number of carbonyl (C=O) groups is 1. The fraction of sp³-hybridized carbons (Fsp3) is 0.500. The van der Waals surface area contributed by atoms with Gasteiger partial charge in [0.05, 0.1) is 12.4 Å². The molecule has 0 aromatic heterocycles. The Hall–Kier alpha value is -0.580. The Kier molecular flexibility index (Phi) is 4.04. The van der Waals surface area contributed by atoms with E-state index >= 15 is 0 Å². The number of esters is 1. The molecule has 0 amide bonds. The fourth-order valence-corrected chi connectivity index (χ4v) is 0.581. The maximum atomic E-state index is 10.4. The van der Waals surface area contributed by atoms with E-state index in [-0.39, 0.29) is 11.0 Å². The van der Waals surface area contributed by atoms with E-state index in [0.29, 0.717) is 0 Å². The van der Waals surface area contributed by atoms with Gasteiger partial charge >= 0.3 is 5.97 Å². The minimum Gasteiger partial charge on any atom is -0.464 e. The highest BCUT2D eigenvalue weighted by Gasteiger charge is 2.08. The molecule has 0 heterocycles. The lowest BCUT2D eigenvalue weighted by molar-refractivity contribution is -0.132. The van der Waals surface area contributed by atoms with Crippen LogP contribution in [0.25, 0.3) is 0 Å². The Labute approximate surface area is 60.6 Å². The summed E-state index contributed by atoms with van der Waals surface area (Å²) in [4.78, 5) is 10.4. The largest absolute Gasteiger partial charge is 0.464 e. The zero-order valence-corrected chi connectivity index (χ0v) is 6.38. The third kappa shape index (κ3) is 2.46. The van der Waals surface area contributed by atoms with Crippen molar-refractivity contribution in [3.63, 3.8) is 0 Å². The van der Waals surface area contributed by atoms with Gasteiger partial charge in [0.25, 0.3) is 0 Å². The zero-order chi connectivity index (χ0) is 7.28. The molecule has 0 atom stereocenters. The van der Waals surface area contributed by atoms with Gasteiger partial charge < -0.3 is 9.94 Å². The van der Waals surface area contributed by atoms with E-state index in [4.69, 9.17) is 5.21 Å². The van der Waals surface area contributed by atoms with Gasteiger partial charge in [-0.15, -0.1) is 0 Å². The molecule has 0 fully saturated rings. The van der Waals surface area contributed by atoms with Crippen molar-refractivity contribution in [1.82, 2.24) is 0 Å². The van der Waals surface area contributed by atoms with Gasteiger partial charge in [-0.25, -0.2) is 4.79 Å². The van der Waals surface area contributed by atoms with Crippen LogP contribution in [0.4, 0.5) is 0 Å². The molecule has 0 saturated carbocycles. The van der Waals surface area contributed by atoms with Crippen LogP contribution in [0.1, 0.15) is 0 Å². The van der Waals surface area contributed by atoms with Crippen molar-refractivity contribution in [2.24, 2.45) is 5.16 Å². The van der Waals surface area contributed by atoms with E-state index < -0.39 is 5.97 Å². The molecule has 0 rings (SSSR count). The van der Waals surface area contributed by atoms with Crippen molar-refractivity contribution in [3.8, 4) is 0 Å². The number of methoxy groups -OCH3 is 1. The van der Waals surface area contributed by atoms with Gasteiger partial charge in [-0.05, 0) is 0 Å². The highest BCUT2D eigenvalue weighted by atomic mass is 79.9. The Morgan fingerprint density at radius 2 is 2.44 bits per heavy atom. The van der Waals surface area contributed by atoms with Crippen molar-refractivity contribution >= 4 is 27.6 Å². The van der Waals surface area contributed by atoms with Crippen molar-refractivity contribution in [3.05, 3.63) is 0 Å². The fourth-order valence-electron chi connectivity index (χ4n) is 0.240. The molecule has 0 aliphatic rings. The maximum absolute atomic E-state index is 10.4. The molecule has 0 aromatic carbocycles. The van der Waals surface area contributed by atoms with Crippen LogP contribution in [0.3, 0.4) is 0 Å². The first-order valence-corrected chi connectivity index (χ1v) is 3.23. The molecule has 0 aliphatic heterocycles. The topological polar surface area (TPSA) is 58.9 Å². The molecule has 4 nitrogen and oxygen atoms in total. The van der Waals surface area contributed by atoms with Crippen LogP contribution in [0.15, 0.2) is 5.16 Å². The Bertz CT molecular complexity index is 134. The number of halogens is 1. The molecule has 0 radical (unpaired) electrons. The Balaban J connectivity index is 3.97. The quantitative estimate of drug-likeness (QED) is 0.228. The summed E-state index contributed by atoms with van der Waals surface area (Å²) in [7, 11) is 1.22. The predicted molar refractivity (Wildman–Crippen MR) is 35.0 cm³/mol. The van der Waals surface area contributed by atoms with Crippen molar-refractivity contribution in [1.29, 1.82) is 0 Å². The number of hydrogen-bond donors (Lipinski definition) is 1. The highest BCUT2D eigenvalue weighted by molar-refractivity contribution is 9.09. The number of nitrogens with zero attached hydrogens (tertiary/aromatic N) is 1. The highest BCUT2D eigenvalue weighted by Crippen LogP contribution is 1.87. The number of ether oxygens (including phenoxy) is 1. The molecule has 9 heavy (non-hydrogen) atoms. The van der Waals surface area contributed by atoms with E-state index in [0.717, 1.165) is 0 Å². The van der Waals surface area contributed by atoms with Gasteiger partial charge in [0.2, 0.25) is 0 Å². The summed E-state index contributed by atoms with van der Waals surface area (Å²) in [6.07, 6.45) is 0. The van der Waals surface area contributed by atoms with Crippen LogP contribution in [0.5, 0.6) is 0 Å². The Morgan fingerprint density at radius 1 is 1.89 bits per heavy atom. The smallest absolute Gasteiger partial charge is 0.356 e. The summed E-state index contributed by atoms with van der Waals surface area (Å²) in [5.41, 5.74) is -0.0440. The summed E-state index contributed by atoms with van der Waals surface area (Å²) in [5, 5.41) is 10.9. The number of oxime groups is 1. The second-order valence-corrected chi connectivity index (χ2v) is 1.73. The SMILES string of the molecule is COC(=O)/C(CBr)=N\O. The minimum atomic E-state index is -0.630. The summed E-state index contributed by atoms with van der Waals surface area (Å²) in [6.45, 7) is 0. The van der Waals surface area contributed by atoms with Gasteiger partial charge in [-0.1, -0.05) is 21.1 Å². The normalized spacial score (nSPS) is 11.1. The van der Waals surface area contributed by atoms with Crippen LogP contribution in [0.2, 0.25) is 0 Å². The monoisotopic (exact) mass is 195 g/mol. The van der Waals surface area contributed by atoms with E-state index in [1.165, 1.54) is 7.11 Å². The molecule has 0 unspecified atom stereocenters. The van der Waals surface area contributed by atoms with E-state index in [1.54, 1.807) is 0 Å². The first-order chi connectivity index (χ1) is 4.26. The first kappa shape index (κ1) is 8.42. The molecule has 52 valence electrons. The molecule has 0 saturated heterocycles. The molecular weight excluding hydrogens is 190 g/mol. The number of carbonyl (C=O) groups excluding carboxylic acids is 1. The first-order valence-electron chi connectivity index (χ1n) is 2.11.